The Morgan fingerprint density at radius 2 is 2.09 bits per heavy atom. The molecule has 162 valence electrons. The summed E-state index contributed by atoms with van der Waals surface area (Å²) in [6.07, 6.45) is 5.16. The van der Waals surface area contributed by atoms with Crippen LogP contribution in [0.4, 0.5) is 15.9 Å². The van der Waals surface area contributed by atoms with Crippen molar-refractivity contribution < 1.29 is 9.18 Å². The lowest BCUT2D eigenvalue weighted by atomic mass is 10.0. The second-order valence-electron chi connectivity index (χ2n) is 7.65. The molecule has 3 aromatic heterocycles. The molecule has 1 amide bonds. The summed E-state index contributed by atoms with van der Waals surface area (Å²) in [5.74, 6) is -0.00687. The molecule has 0 spiro atoms. The molecule has 1 fully saturated rings. The van der Waals surface area contributed by atoms with Gasteiger partial charge in [-0.25, -0.2) is 18.6 Å². The first-order chi connectivity index (χ1) is 15.5. The van der Waals surface area contributed by atoms with Crippen molar-refractivity contribution in [1.82, 2.24) is 24.4 Å². The van der Waals surface area contributed by atoms with Gasteiger partial charge in [0.05, 0.1) is 12.2 Å². The standard InChI is InChI=1S/C22H20FN7O2/c1-28-20(31)8-7-16(27-28)22(32)25-17-13-24-30-11-9-19(26-21(17)30)29-10-3-6-18(29)14-4-2-5-15(23)12-14/h2,4-5,7-9,11-13,18H,3,6,10H2,1H3,(H,25,32). The second kappa shape index (κ2) is 7.88. The Morgan fingerprint density at radius 3 is 2.91 bits per heavy atom. The smallest absolute Gasteiger partial charge is 0.276 e. The van der Waals surface area contributed by atoms with Crippen molar-refractivity contribution in [2.45, 2.75) is 18.9 Å². The number of halogens is 1. The van der Waals surface area contributed by atoms with Crippen molar-refractivity contribution in [1.29, 1.82) is 0 Å². The third-order valence-electron chi connectivity index (χ3n) is 5.58. The number of carbonyl (C=O) groups is 1. The van der Waals surface area contributed by atoms with Crippen molar-refractivity contribution >= 4 is 23.1 Å². The van der Waals surface area contributed by atoms with E-state index in [0.717, 1.165) is 35.4 Å². The van der Waals surface area contributed by atoms with Gasteiger partial charge in [-0.05, 0) is 42.7 Å². The van der Waals surface area contributed by atoms with E-state index in [4.69, 9.17) is 4.98 Å². The summed E-state index contributed by atoms with van der Waals surface area (Å²) in [6, 6.07) is 11.2. The molecule has 10 heteroatoms. The third kappa shape index (κ3) is 3.59. The van der Waals surface area contributed by atoms with Gasteiger partial charge in [-0.2, -0.15) is 10.2 Å². The Hall–Kier alpha value is -4.08. The van der Waals surface area contributed by atoms with Gasteiger partial charge in [0.15, 0.2) is 5.65 Å². The Balaban J connectivity index is 1.45. The van der Waals surface area contributed by atoms with Gasteiger partial charge in [-0.3, -0.25) is 9.59 Å². The van der Waals surface area contributed by atoms with Crippen molar-refractivity contribution in [3.8, 4) is 0 Å². The van der Waals surface area contributed by atoms with E-state index in [-0.39, 0.29) is 23.1 Å². The van der Waals surface area contributed by atoms with Crippen LogP contribution >= 0.6 is 0 Å². The Bertz CT molecular complexity index is 1380. The molecule has 1 aromatic carbocycles. The minimum Gasteiger partial charge on any atom is -0.349 e. The first-order valence-electron chi connectivity index (χ1n) is 10.2. The fourth-order valence-electron chi connectivity index (χ4n) is 4.02. The zero-order valence-corrected chi connectivity index (χ0v) is 17.3. The number of benzene rings is 1. The quantitative estimate of drug-likeness (QED) is 0.531. The first-order valence-corrected chi connectivity index (χ1v) is 10.2. The van der Waals surface area contributed by atoms with Crippen molar-refractivity contribution in [3.05, 3.63) is 82.3 Å². The number of amides is 1. The van der Waals surface area contributed by atoms with Crippen LogP contribution in [0.25, 0.3) is 5.65 Å². The predicted octanol–water partition coefficient (Wildman–Crippen LogP) is 2.56. The zero-order chi connectivity index (χ0) is 22.2. The summed E-state index contributed by atoms with van der Waals surface area (Å²) in [5.41, 5.74) is 1.61. The summed E-state index contributed by atoms with van der Waals surface area (Å²) < 4.78 is 16.4. The maximum absolute atomic E-state index is 13.8. The lowest BCUT2D eigenvalue weighted by molar-refractivity contribution is 0.102. The molecule has 0 aliphatic carbocycles. The average Bonchev–Trinajstić information content (AvgIpc) is 3.43. The normalized spacial score (nSPS) is 15.9. The highest BCUT2D eigenvalue weighted by atomic mass is 19.1. The molecule has 1 atom stereocenters. The number of nitrogens with one attached hydrogen (secondary N) is 1. The van der Waals surface area contributed by atoms with Crippen LogP contribution in [0.15, 0.2) is 59.7 Å². The number of nitrogens with zero attached hydrogens (tertiary/aromatic N) is 6. The van der Waals surface area contributed by atoms with Gasteiger partial charge in [0.2, 0.25) is 0 Å². The van der Waals surface area contributed by atoms with Crippen LogP contribution in [0.1, 0.15) is 34.9 Å². The molecule has 1 N–H and O–H groups in total. The molecule has 1 aliphatic heterocycles. The summed E-state index contributed by atoms with van der Waals surface area (Å²) >= 11 is 0. The van der Waals surface area contributed by atoms with E-state index in [0.29, 0.717) is 11.3 Å². The summed E-state index contributed by atoms with van der Waals surface area (Å²) in [5, 5.41) is 11.0. The molecular weight excluding hydrogens is 413 g/mol. The Kier molecular flexibility index (Phi) is 4.89. The number of aromatic nitrogens is 5. The van der Waals surface area contributed by atoms with Crippen LogP contribution in [-0.4, -0.2) is 36.8 Å². The number of hydrogen-bond donors (Lipinski definition) is 1. The van der Waals surface area contributed by atoms with Gasteiger partial charge in [0.1, 0.15) is 23.0 Å². The monoisotopic (exact) mass is 433 g/mol. The van der Waals surface area contributed by atoms with Crippen molar-refractivity contribution in [2.24, 2.45) is 7.05 Å². The molecule has 0 bridgehead atoms. The Labute approximate surface area is 182 Å². The molecular formula is C22H20FN7O2. The minimum absolute atomic E-state index is 0.0245. The van der Waals surface area contributed by atoms with Gasteiger partial charge in [-0.15, -0.1) is 0 Å². The number of anilines is 2. The van der Waals surface area contributed by atoms with Crippen LogP contribution in [0.3, 0.4) is 0 Å². The van der Waals surface area contributed by atoms with Gasteiger partial charge in [0, 0.05) is 25.9 Å². The number of rotatable bonds is 4. The molecule has 1 saturated heterocycles. The van der Waals surface area contributed by atoms with Gasteiger partial charge >= 0.3 is 0 Å². The predicted molar refractivity (Wildman–Crippen MR) is 116 cm³/mol. The fraction of sp³-hybridized carbons (Fsp3) is 0.227. The highest BCUT2D eigenvalue weighted by molar-refractivity contribution is 6.04. The van der Waals surface area contributed by atoms with Crippen LogP contribution in [0.2, 0.25) is 0 Å². The lowest BCUT2D eigenvalue weighted by Crippen LogP contribution is -2.24. The van der Waals surface area contributed by atoms with Crippen LogP contribution < -0.4 is 15.8 Å². The molecule has 32 heavy (non-hydrogen) atoms. The van der Waals surface area contributed by atoms with E-state index in [1.807, 2.05) is 12.1 Å². The van der Waals surface area contributed by atoms with Crippen LogP contribution in [-0.2, 0) is 7.05 Å². The SMILES string of the molecule is Cn1nc(C(=O)Nc2cnn3ccc(N4CCCC4c4cccc(F)c4)nc23)ccc1=O. The number of carbonyl (C=O) groups excluding carboxylic acids is 1. The highest BCUT2D eigenvalue weighted by Gasteiger charge is 2.28. The maximum atomic E-state index is 13.8. The summed E-state index contributed by atoms with van der Waals surface area (Å²) in [4.78, 5) is 31.0. The van der Waals surface area contributed by atoms with E-state index < -0.39 is 5.91 Å². The van der Waals surface area contributed by atoms with Crippen LogP contribution in [0, 0.1) is 5.82 Å². The number of aryl methyl sites for hydroxylation is 1. The number of fused-ring (bicyclic) bond motifs is 1. The second-order valence-corrected chi connectivity index (χ2v) is 7.65. The highest BCUT2D eigenvalue weighted by Crippen LogP contribution is 2.35. The van der Waals surface area contributed by atoms with E-state index >= 15 is 0 Å². The molecule has 1 aliphatic rings. The zero-order valence-electron chi connectivity index (χ0n) is 17.3. The maximum Gasteiger partial charge on any atom is 0.276 e. The Morgan fingerprint density at radius 1 is 1.22 bits per heavy atom. The topological polar surface area (TPSA) is 97.4 Å². The minimum atomic E-state index is -0.471. The average molecular weight is 433 g/mol. The molecule has 0 radical (unpaired) electrons. The van der Waals surface area contributed by atoms with E-state index in [1.165, 1.54) is 31.4 Å². The van der Waals surface area contributed by atoms with Crippen molar-refractivity contribution in [2.75, 3.05) is 16.8 Å². The van der Waals surface area contributed by atoms with E-state index in [9.17, 15) is 14.0 Å². The molecule has 4 heterocycles. The third-order valence-corrected chi connectivity index (χ3v) is 5.58. The molecule has 5 rings (SSSR count). The molecule has 9 nitrogen and oxygen atoms in total. The molecule has 1 unspecified atom stereocenters. The molecule has 0 saturated carbocycles. The van der Waals surface area contributed by atoms with Crippen molar-refractivity contribution in [3.63, 3.8) is 0 Å². The summed E-state index contributed by atoms with van der Waals surface area (Å²) in [6.45, 7) is 0.794. The van der Waals surface area contributed by atoms with Gasteiger partial charge in [0.25, 0.3) is 11.5 Å². The number of hydrogen-bond acceptors (Lipinski definition) is 6. The van der Waals surface area contributed by atoms with Gasteiger partial charge < -0.3 is 10.2 Å². The first kappa shape index (κ1) is 19.9. The van der Waals surface area contributed by atoms with E-state index in [1.54, 1.807) is 22.8 Å². The van der Waals surface area contributed by atoms with Crippen LogP contribution in [0.5, 0.6) is 0 Å². The fourth-order valence-corrected chi connectivity index (χ4v) is 4.02. The van der Waals surface area contributed by atoms with Gasteiger partial charge in [-0.1, -0.05) is 12.1 Å². The lowest BCUT2D eigenvalue weighted by Gasteiger charge is -2.26. The molecule has 4 aromatic rings. The van der Waals surface area contributed by atoms with E-state index in [2.05, 4.69) is 20.4 Å². The largest absolute Gasteiger partial charge is 0.349 e. The summed E-state index contributed by atoms with van der Waals surface area (Å²) in [7, 11) is 1.48.